The molecule has 0 aromatic heterocycles. The molecule has 0 heterocycles. The predicted molar refractivity (Wildman–Crippen MR) is 80.0 cm³/mol. The van der Waals surface area contributed by atoms with Crippen molar-refractivity contribution in [1.29, 1.82) is 0 Å². The third-order valence-electron chi connectivity index (χ3n) is 2.47. The molecule has 98 valence electrons. The lowest BCUT2D eigenvalue weighted by molar-refractivity contribution is 0.415. The van der Waals surface area contributed by atoms with Gasteiger partial charge in [-0.2, -0.15) is 5.10 Å². The smallest absolute Gasteiger partial charge is 0.129 e. The SMILES string of the molecule is COc1ccc(N/N=C\c2ccc(O)c(Br)c2)cc1. The number of methoxy groups -OCH3 is 1. The third kappa shape index (κ3) is 3.72. The molecular weight excluding hydrogens is 308 g/mol. The summed E-state index contributed by atoms with van der Waals surface area (Å²) in [5, 5.41) is 13.5. The van der Waals surface area contributed by atoms with Crippen LogP contribution in [0.5, 0.6) is 11.5 Å². The number of nitrogens with zero attached hydrogens (tertiary/aromatic N) is 1. The number of phenols is 1. The zero-order valence-electron chi connectivity index (χ0n) is 10.3. The number of rotatable bonds is 4. The Morgan fingerprint density at radius 3 is 2.58 bits per heavy atom. The first kappa shape index (κ1) is 13.4. The van der Waals surface area contributed by atoms with Crippen molar-refractivity contribution in [1.82, 2.24) is 0 Å². The summed E-state index contributed by atoms with van der Waals surface area (Å²) >= 11 is 3.25. The second-order valence-corrected chi connectivity index (χ2v) is 4.66. The summed E-state index contributed by atoms with van der Waals surface area (Å²) < 4.78 is 5.71. The van der Waals surface area contributed by atoms with Crippen LogP contribution in [-0.2, 0) is 0 Å². The minimum absolute atomic E-state index is 0.209. The number of hydrazone groups is 1. The van der Waals surface area contributed by atoms with Gasteiger partial charge in [0.2, 0.25) is 0 Å². The van der Waals surface area contributed by atoms with E-state index in [4.69, 9.17) is 4.74 Å². The maximum Gasteiger partial charge on any atom is 0.129 e. The Morgan fingerprint density at radius 1 is 1.21 bits per heavy atom. The molecule has 2 rings (SSSR count). The highest BCUT2D eigenvalue weighted by atomic mass is 79.9. The van der Waals surface area contributed by atoms with Crippen LogP contribution < -0.4 is 10.2 Å². The maximum absolute atomic E-state index is 9.38. The van der Waals surface area contributed by atoms with E-state index in [1.165, 1.54) is 0 Å². The molecule has 0 spiro atoms. The summed E-state index contributed by atoms with van der Waals surface area (Å²) in [4.78, 5) is 0. The van der Waals surface area contributed by atoms with Crippen LogP contribution in [0.3, 0.4) is 0 Å². The number of phenolic OH excluding ortho intramolecular Hbond substituents is 1. The molecule has 0 fully saturated rings. The molecule has 2 N–H and O–H groups in total. The molecule has 0 atom stereocenters. The number of halogens is 1. The molecule has 2 aromatic rings. The molecule has 0 saturated carbocycles. The van der Waals surface area contributed by atoms with E-state index in [0.29, 0.717) is 4.47 Å². The van der Waals surface area contributed by atoms with Crippen LogP contribution >= 0.6 is 15.9 Å². The number of hydrogen-bond acceptors (Lipinski definition) is 4. The second-order valence-electron chi connectivity index (χ2n) is 3.81. The fourth-order valence-corrected chi connectivity index (χ4v) is 1.85. The van der Waals surface area contributed by atoms with Crippen molar-refractivity contribution in [3.05, 3.63) is 52.5 Å². The maximum atomic E-state index is 9.38. The van der Waals surface area contributed by atoms with Crippen LogP contribution in [0.1, 0.15) is 5.56 Å². The van der Waals surface area contributed by atoms with Crippen LogP contribution in [-0.4, -0.2) is 18.4 Å². The van der Waals surface area contributed by atoms with Gasteiger partial charge >= 0.3 is 0 Å². The van der Waals surface area contributed by atoms with Crippen molar-refractivity contribution < 1.29 is 9.84 Å². The third-order valence-corrected chi connectivity index (χ3v) is 3.10. The summed E-state index contributed by atoms with van der Waals surface area (Å²) in [5.41, 5.74) is 4.67. The molecule has 0 bridgehead atoms. The molecular formula is C14H13BrN2O2. The number of hydrogen-bond donors (Lipinski definition) is 2. The molecule has 0 unspecified atom stereocenters. The largest absolute Gasteiger partial charge is 0.507 e. The number of ether oxygens (including phenoxy) is 1. The van der Waals surface area contributed by atoms with E-state index in [9.17, 15) is 5.11 Å². The van der Waals surface area contributed by atoms with E-state index < -0.39 is 0 Å². The minimum atomic E-state index is 0.209. The monoisotopic (exact) mass is 320 g/mol. The average molecular weight is 321 g/mol. The Kier molecular flexibility index (Phi) is 4.41. The number of nitrogens with one attached hydrogen (secondary N) is 1. The van der Waals surface area contributed by atoms with Crippen LogP contribution in [0, 0.1) is 0 Å². The second kappa shape index (κ2) is 6.24. The first-order chi connectivity index (χ1) is 9.19. The molecule has 0 radical (unpaired) electrons. The zero-order valence-corrected chi connectivity index (χ0v) is 11.9. The Morgan fingerprint density at radius 2 is 1.95 bits per heavy atom. The van der Waals surface area contributed by atoms with Gasteiger partial charge in [0.05, 0.1) is 23.5 Å². The Hall–Kier alpha value is -2.01. The van der Waals surface area contributed by atoms with Crippen LogP contribution in [0.15, 0.2) is 52.0 Å². The number of anilines is 1. The summed E-state index contributed by atoms with van der Waals surface area (Å²) in [5.74, 6) is 1.01. The summed E-state index contributed by atoms with van der Waals surface area (Å²) in [6.45, 7) is 0. The number of aromatic hydroxyl groups is 1. The van der Waals surface area contributed by atoms with Gasteiger partial charge in [-0.05, 0) is 64.0 Å². The minimum Gasteiger partial charge on any atom is -0.507 e. The topological polar surface area (TPSA) is 53.8 Å². The van der Waals surface area contributed by atoms with E-state index >= 15 is 0 Å². The number of benzene rings is 2. The van der Waals surface area contributed by atoms with Gasteiger partial charge in [-0.1, -0.05) is 0 Å². The highest BCUT2D eigenvalue weighted by Crippen LogP contribution is 2.23. The van der Waals surface area contributed by atoms with Gasteiger partial charge < -0.3 is 9.84 Å². The van der Waals surface area contributed by atoms with E-state index in [0.717, 1.165) is 17.0 Å². The van der Waals surface area contributed by atoms with Gasteiger partial charge in [-0.3, -0.25) is 5.43 Å². The Labute approximate surface area is 119 Å². The van der Waals surface area contributed by atoms with E-state index in [2.05, 4.69) is 26.5 Å². The first-order valence-electron chi connectivity index (χ1n) is 5.60. The van der Waals surface area contributed by atoms with E-state index in [-0.39, 0.29) is 5.75 Å². The quantitative estimate of drug-likeness (QED) is 0.668. The lowest BCUT2D eigenvalue weighted by Crippen LogP contribution is -1.91. The predicted octanol–water partition coefficient (Wildman–Crippen LogP) is 3.61. The molecule has 4 nitrogen and oxygen atoms in total. The average Bonchev–Trinajstić information content (AvgIpc) is 2.43. The molecule has 0 aliphatic heterocycles. The Balaban J connectivity index is 2.00. The van der Waals surface area contributed by atoms with Crippen molar-refractivity contribution in [2.24, 2.45) is 5.10 Å². The van der Waals surface area contributed by atoms with E-state index in [1.54, 1.807) is 31.5 Å². The van der Waals surface area contributed by atoms with Crippen LogP contribution in [0.25, 0.3) is 0 Å². The highest BCUT2D eigenvalue weighted by molar-refractivity contribution is 9.10. The van der Waals surface area contributed by atoms with Gasteiger partial charge in [-0.25, -0.2) is 0 Å². The van der Waals surface area contributed by atoms with Crippen LogP contribution in [0.2, 0.25) is 0 Å². The van der Waals surface area contributed by atoms with Gasteiger partial charge in [0.15, 0.2) is 0 Å². The summed E-state index contributed by atoms with van der Waals surface area (Å²) in [6, 6.07) is 12.6. The van der Waals surface area contributed by atoms with Crippen molar-refractivity contribution in [3.8, 4) is 11.5 Å². The van der Waals surface area contributed by atoms with Crippen molar-refractivity contribution in [2.75, 3.05) is 12.5 Å². The van der Waals surface area contributed by atoms with Crippen molar-refractivity contribution in [3.63, 3.8) is 0 Å². The Bertz CT molecular complexity index is 582. The summed E-state index contributed by atoms with van der Waals surface area (Å²) in [7, 11) is 1.63. The molecule has 2 aromatic carbocycles. The van der Waals surface area contributed by atoms with Crippen LogP contribution in [0.4, 0.5) is 5.69 Å². The van der Waals surface area contributed by atoms with Crippen molar-refractivity contribution in [2.45, 2.75) is 0 Å². The fourth-order valence-electron chi connectivity index (χ4n) is 1.45. The van der Waals surface area contributed by atoms with E-state index in [1.807, 2.05) is 24.3 Å². The van der Waals surface area contributed by atoms with Gasteiger partial charge in [-0.15, -0.1) is 0 Å². The molecule has 5 heteroatoms. The first-order valence-corrected chi connectivity index (χ1v) is 6.40. The fraction of sp³-hybridized carbons (Fsp3) is 0.0714. The normalized spacial score (nSPS) is 10.6. The summed E-state index contributed by atoms with van der Waals surface area (Å²) in [6.07, 6.45) is 1.68. The molecule has 19 heavy (non-hydrogen) atoms. The highest BCUT2D eigenvalue weighted by Gasteiger charge is 1.97. The zero-order chi connectivity index (χ0) is 13.7. The lowest BCUT2D eigenvalue weighted by atomic mass is 10.2. The lowest BCUT2D eigenvalue weighted by Gasteiger charge is -2.02. The molecule has 0 amide bonds. The molecule has 0 aliphatic carbocycles. The molecule has 0 aliphatic rings. The van der Waals surface area contributed by atoms with Gasteiger partial charge in [0, 0.05) is 0 Å². The standard InChI is InChI=1S/C14H13BrN2O2/c1-19-12-5-3-11(4-6-12)17-16-9-10-2-7-14(18)13(15)8-10/h2-9,17-18H,1H3/b16-9-. The van der Waals surface area contributed by atoms with Crippen molar-refractivity contribution >= 4 is 27.8 Å². The van der Waals surface area contributed by atoms with Gasteiger partial charge in [0.1, 0.15) is 11.5 Å². The molecule has 0 saturated heterocycles. The van der Waals surface area contributed by atoms with Gasteiger partial charge in [0.25, 0.3) is 0 Å².